The highest BCUT2D eigenvalue weighted by molar-refractivity contribution is 7.90. The molecule has 0 aliphatic heterocycles. The SMILES string of the molecule is CS(=O)(=O)c1ccc(NC(=O)c2cnc(Cl)cn2)cn1. The molecular weight excluding hydrogens is 304 g/mol. The number of sulfone groups is 1. The maximum Gasteiger partial charge on any atom is 0.275 e. The van der Waals surface area contributed by atoms with E-state index in [9.17, 15) is 13.2 Å². The lowest BCUT2D eigenvalue weighted by molar-refractivity contribution is 0.102. The summed E-state index contributed by atoms with van der Waals surface area (Å²) in [5.41, 5.74) is 0.431. The summed E-state index contributed by atoms with van der Waals surface area (Å²) in [7, 11) is -3.37. The largest absolute Gasteiger partial charge is 0.319 e. The molecule has 0 unspecified atom stereocenters. The standard InChI is InChI=1S/C11H9ClN4O3S/c1-20(18,19)10-3-2-7(4-15-10)16-11(17)8-5-14-9(12)6-13-8/h2-6H,1H3,(H,16,17). The van der Waals surface area contributed by atoms with Crippen LogP contribution in [0.4, 0.5) is 5.69 Å². The smallest absolute Gasteiger partial charge is 0.275 e. The van der Waals surface area contributed by atoms with Gasteiger partial charge in [-0.15, -0.1) is 0 Å². The zero-order chi connectivity index (χ0) is 14.8. The van der Waals surface area contributed by atoms with Gasteiger partial charge >= 0.3 is 0 Å². The van der Waals surface area contributed by atoms with Crippen LogP contribution in [0.15, 0.2) is 35.7 Å². The van der Waals surface area contributed by atoms with E-state index in [0.717, 1.165) is 6.26 Å². The number of amides is 1. The molecule has 0 saturated carbocycles. The summed E-state index contributed by atoms with van der Waals surface area (Å²) in [5, 5.41) is 2.63. The second kappa shape index (κ2) is 5.51. The van der Waals surface area contributed by atoms with Crippen molar-refractivity contribution < 1.29 is 13.2 Å². The Balaban J connectivity index is 2.14. The Labute approximate surface area is 120 Å². The van der Waals surface area contributed by atoms with Crippen molar-refractivity contribution in [2.24, 2.45) is 0 Å². The van der Waals surface area contributed by atoms with Crippen molar-refractivity contribution >= 4 is 33.0 Å². The quantitative estimate of drug-likeness (QED) is 0.913. The summed E-state index contributed by atoms with van der Waals surface area (Å²) >= 11 is 5.56. The van der Waals surface area contributed by atoms with E-state index in [0.29, 0.717) is 5.69 Å². The molecule has 1 N–H and O–H groups in total. The fraction of sp³-hybridized carbons (Fsp3) is 0.0909. The molecule has 2 rings (SSSR count). The summed E-state index contributed by atoms with van der Waals surface area (Å²) in [6.45, 7) is 0. The topological polar surface area (TPSA) is 102 Å². The minimum absolute atomic E-state index is 0.0678. The number of hydrogen-bond donors (Lipinski definition) is 1. The second-order valence-corrected chi connectivity index (χ2v) is 6.19. The lowest BCUT2D eigenvalue weighted by Crippen LogP contribution is -2.14. The Kier molecular flexibility index (Phi) is 3.96. The molecule has 0 radical (unpaired) electrons. The number of nitrogens with one attached hydrogen (secondary N) is 1. The third-order valence-electron chi connectivity index (χ3n) is 2.23. The van der Waals surface area contributed by atoms with Crippen LogP contribution in [-0.4, -0.2) is 35.5 Å². The third kappa shape index (κ3) is 3.49. The molecule has 20 heavy (non-hydrogen) atoms. The van der Waals surface area contributed by atoms with Gasteiger partial charge < -0.3 is 5.32 Å². The second-order valence-electron chi connectivity index (χ2n) is 3.84. The molecule has 0 aliphatic carbocycles. The molecule has 7 nitrogen and oxygen atoms in total. The number of carbonyl (C=O) groups is 1. The van der Waals surface area contributed by atoms with Gasteiger partial charge in [-0.2, -0.15) is 0 Å². The van der Waals surface area contributed by atoms with Gasteiger partial charge in [0.25, 0.3) is 5.91 Å². The van der Waals surface area contributed by atoms with Gasteiger partial charge in [0.15, 0.2) is 14.9 Å². The van der Waals surface area contributed by atoms with E-state index < -0.39 is 15.7 Å². The number of anilines is 1. The van der Waals surface area contributed by atoms with Crippen LogP contribution in [0.3, 0.4) is 0 Å². The highest BCUT2D eigenvalue weighted by atomic mass is 35.5. The molecule has 9 heteroatoms. The minimum atomic E-state index is -3.37. The predicted molar refractivity (Wildman–Crippen MR) is 72.3 cm³/mol. The van der Waals surface area contributed by atoms with Crippen LogP contribution < -0.4 is 5.32 Å². The van der Waals surface area contributed by atoms with E-state index in [-0.39, 0.29) is 15.9 Å². The number of halogens is 1. The molecule has 0 fully saturated rings. The van der Waals surface area contributed by atoms with E-state index in [4.69, 9.17) is 11.6 Å². The molecule has 1 amide bonds. The number of hydrogen-bond acceptors (Lipinski definition) is 6. The summed E-state index contributed by atoms with van der Waals surface area (Å²) in [4.78, 5) is 23.1. The first kappa shape index (κ1) is 14.4. The van der Waals surface area contributed by atoms with Crippen LogP contribution in [-0.2, 0) is 9.84 Å². The van der Waals surface area contributed by atoms with Crippen molar-refractivity contribution in [1.82, 2.24) is 15.0 Å². The molecular formula is C11H9ClN4O3S. The highest BCUT2D eigenvalue weighted by Gasteiger charge is 2.11. The molecule has 2 aromatic heterocycles. The Morgan fingerprint density at radius 1 is 1.15 bits per heavy atom. The summed E-state index contributed by atoms with van der Waals surface area (Å²) in [6, 6.07) is 2.74. The molecule has 0 saturated heterocycles. The van der Waals surface area contributed by atoms with Crippen LogP contribution in [0.2, 0.25) is 5.15 Å². The molecule has 0 spiro atoms. The van der Waals surface area contributed by atoms with Crippen molar-refractivity contribution in [3.05, 3.63) is 41.6 Å². The first-order chi connectivity index (χ1) is 9.36. The van der Waals surface area contributed by atoms with Gasteiger partial charge in [0.1, 0.15) is 10.8 Å². The van der Waals surface area contributed by atoms with Crippen molar-refractivity contribution in [2.75, 3.05) is 11.6 Å². The van der Waals surface area contributed by atoms with E-state index in [1.165, 1.54) is 30.7 Å². The maximum absolute atomic E-state index is 11.8. The number of nitrogens with zero attached hydrogens (tertiary/aromatic N) is 3. The van der Waals surface area contributed by atoms with Crippen LogP contribution in [0, 0.1) is 0 Å². The Bertz CT molecular complexity index is 729. The predicted octanol–water partition coefficient (Wildman–Crippen LogP) is 1.18. The highest BCUT2D eigenvalue weighted by Crippen LogP contribution is 2.11. The zero-order valence-electron chi connectivity index (χ0n) is 10.2. The van der Waals surface area contributed by atoms with Crippen molar-refractivity contribution in [3.8, 4) is 0 Å². The molecule has 2 aromatic rings. The lowest BCUT2D eigenvalue weighted by Gasteiger charge is -2.04. The van der Waals surface area contributed by atoms with Crippen molar-refractivity contribution in [1.29, 1.82) is 0 Å². The molecule has 0 atom stereocenters. The number of carbonyl (C=O) groups excluding carboxylic acids is 1. The van der Waals surface area contributed by atoms with Gasteiger partial charge in [-0.3, -0.25) is 4.79 Å². The van der Waals surface area contributed by atoms with Crippen LogP contribution >= 0.6 is 11.6 Å². The van der Waals surface area contributed by atoms with Gasteiger partial charge in [-0.25, -0.2) is 23.4 Å². The average Bonchev–Trinajstić information content (AvgIpc) is 2.39. The number of aromatic nitrogens is 3. The average molecular weight is 313 g/mol. The lowest BCUT2D eigenvalue weighted by atomic mass is 10.3. The molecule has 0 aliphatic rings. The van der Waals surface area contributed by atoms with Crippen LogP contribution in [0.25, 0.3) is 0 Å². The number of rotatable bonds is 3. The fourth-order valence-electron chi connectivity index (χ4n) is 1.30. The van der Waals surface area contributed by atoms with Gasteiger partial charge in [-0.05, 0) is 12.1 Å². The van der Waals surface area contributed by atoms with E-state index in [1.54, 1.807) is 0 Å². The number of pyridine rings is 1. The molecule has 0 aromatic carbocycles. The van der Waals surface area contributed by atoms with E-state index in [2.05, 4.69) is 20.3 Å². The Morgan fingerprint density at radius 3 is 2.40 bits per heavy atom. The van der Waals surface area contributed by atoms with Gasteiger partial charge in [0, 0.05) is 6.26 Å². The van der Waals surface area contributed by atoms with Crippen molar-refractivity contribution in [2.45, 2.75) is 5.03 Å². The van der Waals surface area contributed by atoms with Crippen molar-refractivity contribution in [3.63, 3.8) is 0 Å². The third-order valence-corrected chi connectivity index (χ3v) is 3.42. The summed E-state index contributed by atoms with van der Waals surface area (Å²) in [6.07, 6.45) is 4.78. The van der Waals surface area contributed by atoms with E-state index >= 15 is 0 Å². The van der Waals surface area contributed by atoms with Crippen LogP contribution in [0.5, 0.6) is 0 Å². The summed E-state index contributed by atoms with van der Waals surface area (Å²) < 4.78 is 22.5. The normalized spacial score (nSPS) is 11.1. The molecule has 2 heterocycles. The van der Waals surface area contributed by atoms with Crippen LogP contribution in [0.1, 0.15) is 10.5 Å². The fourth-order valence-corrected chi connectivity index (χ4v) is 1.96. The monoisotopic (exact) mass is 312 g/mol. The minimum Gasteiger partial charge on any atom is -0.319 e. The van der Waals surface area contributed by atoms with Gasteiger partial charge in [-0.1, -0.05) is 11.6 Å². The molecule has 0 bridgehead atoms. The Morgan fingerprint density at radius 2 is 1.90 bits per heavy atom. The maximum atomic E-state index is 11.8. The first-order valence-corrected chi connectivity index (χ1v) is 7.58. The van der Waals surface area contributed by atoms with Gasteiger partial charge in [0.2, 0.25) is 0 Å². The van der Waals surface area contributed by atoms with Gasteiger partial charge in [0.05, 0.1) is 24.3 Å². The molecule has 104 valence electrons. The zero-order valence-corrected chi connectivity index (χ0v) is 11.8. The first-order valence-electron chi connectivity index (χ1n) is 5.31. The van der Waals surface area contributed by atoms with E-state index in [1.807, 2.05) is 0 Å². The summed E-state index contributed by atoms with van der Waals surface area (Å²) in [5.74, 6) is -0.497. The Hall–Kier alpha value is -2.06.